The van der Waals surface area contributed by atoms with Crippen molar-refractivity contribution in [3.8, 4) is 11.6 Å². The highest BCUT2D eigenvalue weighted by atomic mass is 16.5. The lowest BCUT2D eigenvalue weighted by molar-refractivity contribution is -0.722. The Morgan fingerprint density at radius 1 is 1.21 bits per heavy atom. The molecule has 1 saturated heterocycles. The second kappa shape index (κ2) is 7.16. The van der Waals surface area contributed by atoms with Crippen LogP contribution in [0.15, 0.2) is 40.8 Å². The number of rotatable bonds is 5. The van der Waals surface area contributed by atoms with Crippen molar-refractivity contribution in [2.45, 2.75) is 18.4 Å². The number of carbonyl (C=O) groups is 3. The Morgan fingerprint density at radius 3 is 2.82 bits per heavy atom. The molecule has 0 aliphatic carbocycles. The highest BCUT2D eigenvalue weighted by molar-refractivity contribution is 6.10. The largest absolute Gasteiger partial charge is 0.497 e. The number of hydrogen-bond acceptors (Lipinski definition) is 9. The van der Waals surface area contributed by atoms with Crippen LogP contribution < -0.4 is 14.9 Å². The van der Waals surface area contributed by atoms with Gasteiger partial charge in [-0.25, -0.2) is 0 Å². The maximum absolute atomic E-state index is 13.1. The average Bonchev–Trinajstić information content (AvgIpc) is 3.61. The number of aromatic nitrogens is 6. The van der Waals surface area contributed by atoms with Gasteiger partial charge in [0.05, 0.1) is 13.5 Å². The number of ether oxygens (including phenoxy) is 1. The van der Waals surface area contributed by atoms with E-state index in [9.17, 15) is 14.4 Å². The van der Waals surface area contributed by atoms with E-state index in [2.05, 4.69) is 31.2 Å². The lowest BCUT2D eigenvalue weighted by Crippen LogP contribution is -2.46. The predicted molar refractivity (Wildman–Crippen MR) is 110 cm³/mol. The van der Waals surface area contributed by atoms with Crippen LogP contribution in [0.4, 0.5) is 0 Å². The summed E-state index contributed by atoms with van der Waals surface area (Å²) in [6.45, 7) is 0.271. The molecule has 1 fully saturated rings. The fraction of sp³-hybridized carbons (Fsp3) is 0.238. The molecule has 3 amide bonds. The third-order valence-electron chi connectivity index (χ3n) is 6.17. The molecule has 13 nitrogen and oxygen atoms in total. The van der Waals surface area contributed by atoms with E-state index in [1.165, 1.54) is 11.9 Å². The Balaban J connectivity index is 1.39. The monoisotopic (exact) mass is 461 g/mol. The van der Waals surface area contributed by atoms with Crippen molar-refractivity contribution < 1.29 is 28.3 Å². The van der Waals surface area contributed by atoms with Crippen molar-refractivity contribution in [1.82, 2.24) is 36.1 Å². The molecule has 3 aromatic heterocycles. The van der Waals surface area contributed by atoms with Gasteiger partial charge in [0, 0.05) is 30.8 Å². The molecular weight excluding hydrogens is 444 g/mol. The van der Waals surface area contributed by atoms with Crippen molar-refractivity contribution in [3.63, 3.8) is 0 Å². The molecule has 2 N–H and O–H groups in total. The molecule has 170 valence electrons. The van der Waals surface area contributed by atoms with Gasteiger partial charge in [-0.15, -0.1) is 4.98 Å². The number of fused-ring (bicyclic) bond motifs is 2. The average molecular weight is 461 g/mol. The van der Waals surface area contributed by atoms with Crippen LogP contribution in [0.25, 0.3) is 16.9 Å². The molecule has 34 heavy (non-hydrogen) atoms. The van der Waals surface area contributed by atoms with Crippen molar-refractivity contribution in [3.05, 3.63) is 53.3 Å². The Labute approximate surface area is 190 Å². The number of methoxy groups -OCH3 is 1. The Bertz CT molecular complexity index is 1480. The summed E-state index contributed by atoms with van der Waals surface area (Å²) in [7, 11) is 1.53. The fourth-order valence-electron chi connectivity index (χ4n) is 4.48. The van der Waals surface area contributed by atoms with Gasteiger partial charge >= 0.3 is 0 Å². The second-order valence-electron chi connectivity index (χ2n) is 8.17. The fourth-order valence-corrected chi connectivity index (χ4v) is 4.48. The summed E-state index contributed by atoms with van der Waals surface area (Å²) < 4.78 is 11.2. The summed E-state index contributed by atoms with van der Waals surface area (Å²) in [5, 5.41) is 15.7. The molecular formula is C21H17N8O5+. The highest BCUT2D eigenvalue weighted by Gasteiger charge is 2.53. The number of carbonyl (C=O) groups excluding carboxylic acids is 3. The number of H-pyrrole nitrogens is 1. The molecule has 0 unspecified atom stereocenters. The second-order valence-corrected chi connectivity index (χ2v) is 8.17. The van der Waals surface area contributed by atoms with E-state index in [1.807, 2.05) is 6.07 Å². The van der Waals surface area contributed by atoms with E-state index < -0.39 is 17.2 Å². The van der Waals surface area contributed by atoms with Crippen LogP contribution in [0, 0.1) is 0 Å². The highest BCUT2D eigenvalue weighted by Crippen LogP contribution is 2.39. The molecule has 0 saturated carbocycles. The van der Waals surface area contributed by atoms with E-state index in [1.54, 1.807) is 35.2 Å². The number of furan rings is 1. The SMILES string of the molecule is COc1ccc2c(c1)C(=O)N(C[C@@]1(c3cc4nc(-[n+]5nnn[nH]5)ccc4o3)CC(=O)NC1=O)C2. The third kappa shape index (κ3) is 2.93. The van der Waals surface area contributed by atoms with Gasteiger partial charge in [-0.2, -0.15) is 0 Å². The predicted octanol–water partition coefficient (Wildman–Crippen LogP) is -0.433. The number of nitrogens with one attached hydrogen (secondary N) is 2. The van der Waals surface area contributed by atoms with Crippen LogP contribution in [0.1, 0.15) is 28.1 Å². The summed E-state index contributed by atoms with van der Waals surface area (Å²) in [6.07, 6.45) is -0.150. The van der Waals surface area contributed by atoms with Gasteiger partial charge in [-0.1, -0.05) is 11.3 Å². The zero-order valence-corrected chi connectivity index (χ0v) is 17.8. The minimum absolute atomic E-state index is 0.0339. The van der Waals surface area contributed by atoms with E-state index >= 15 is 0 Å². The molecule has 4 aromatic rings. The first-order valence-corrected chi connectivity index (χ1v) is 10.3. The number of benzene rings is 1. The number of nitrogens with zero attached hydrogens (tertiary/aromatic N) is 6. The molecule has 1 aromatic carbocycles. The maximum atomic E-state index is 13.1. The molecule has 0 spiro atoms. The Hall–Kier alpha value is -4.68. The number of pyridine rings is 1. The van der Waals surface area contributed by atoms with Crippen LogP contribution in [-0.2, 0) is 21.5 Å². The standard InChI is InChI=1S/C21H16N8O5/c1-33-12-3-2-11-9-28(19(31)13(11)6-12)10-21(8-18(30)23-20(21)32)16-7-14-15(34-16)4-5-17(22-14)29-26-24-25-27-29/h2-7H,8-10H2,1H3,(H,23,30,32)/p+1/t21-/m1/s1. The number of aromatic amines is 1. The molecule has 5 heterocycles. The summed E-state index contributed by atoms with van der Waals surface area (Å²) in [6, 6.07) is 10.2. The first-order valence-electron chi connectivity index (χ1n) is 10.3. The van der Waals surface area contributed by atoms with Crippen LogP contribution in [0.5, 0.6) is 5.75 Å². The van der Waals surface area contributed by atoms with Gasteiger partial charge in [0.1, 0.15) is 27.4 Å². The van der Waals surface area contributed by atoms with E-state index in [0.717, 1.165) is 5.56 Å². The molecule has 0 bridgehead atoms. The normalized spacial score (nSPS) is 19.7. The van der Waals surface area contributed by atoms with Crippen LogP contribution in [-0.4, -0.2) is 62.1 Å². The number of hydrogen-bond donors (Lipinski definition) is 2. The van der Waals surface area contributed by atoms with Crippen molar-refractivity contribution in [1.29, 1.82) is 0 Å². The van der Waals surface area contributed by atoms with Gasteiger partial charge in [-0.3, -0.25) is 19.7 Å². The molecule has 6 rings (SSSR count). The number of imide groups is 1. The molecule has 0 radical (unpaired) electrons. The first-order chi connectivity index (χ1) is 16.5. The lowest BCUT2D eigenvalue weighted by Gasteiger charge is -2.28. The zero-order valence-electron chi connectivity index (χ0n) is 17.8. The molecule has 2 aliphatic rings. The van der Waals surface area contributed by atoms with Gasteiger partial charge in [0.25, 0.3) is 11.7 Å². The van der Waals surface area contributed by atoms with Gasteiger partial charge in [-0.05, 0) is 28.6 Å². The smallest absolute Gasteiger partial charge is 0.276 e. The first kappa shape index (κ1) is 20.0. The minimum Gasteiger partial charge on any atom is -0.497 e. The molecule has 13 heteroatoms. The third-order valence-corrected chi connectivity index (χ3v) is 6.17. The molecule has 1 atom stereocenters. The van der Waals surface area contributed by atoms with Crippen LogP contribution in [0.3, 0.4) is 0 Å². The topological polar surface area (TPSA) is 160 Å². The molecule has 2 aliphatic heterocycles. The summed E-state index contributed by atoms with van der Waals surface area (Å²) in [4.78, 5) is 45.8. The van der Waals surface area contributed by atoms with Gasteiger partial charge < -0.3 is 14.1 Å². The summed E-state index contributed by atoms with van der Waals surface area (Å²) in [5.74, 6) is 0.0188. The van der Waals surface area contributed by atoms with E-state index in [4.69, 9.17) is 9.15 Å². The summed E-state index contributed by atoms with van der Waals surface area (Å²) in [5.41, 5.74) is 0.802. The van der Waals surface area contributed by atoms with Crippen LogP contribution >= 0.6 is 0 Å². The van der Waals surface area contributed by atoms with E-state index in [0.29, 0.717) is 34.8 Å². The van der Waals surface area contributed by atoms with Crippen molar-refractivity contribution >= 4 is 28.8 Å². The maximum Gasteiger partial charge on any atom is 0.276 e. The van der Waals surface area contributed by atoms with Gasteiger partial charge in [0.2, 0.25) is 11.8 Å². The summed E-state index contributed by atoms with van der Waals surface area (Å²) >= 11 is 0. The van der Waals surface area contributed by atoms with E-state index in [-0.39, 0.29) is 24.6 Å². The van der Waals surface area contributed by atoms with Gasteiger partial charge in [0.15, 0.2) is 16.3 Å². The van der Waals surface area contributed by atoms with Crippen molar-refractivity contribution in [2.24, 2.45) is 0 Å². The van der Waals surface area contributed by atoms with Crippen molar-refractivity contribution in [2.75, 3.05) is 13.7 Å². The number of amides is 3. The Morgan fingerprint density at radius 2 is 2.09 bits per heavy atom. The minimum atomic E-state index is -1.39. The zero-order chi connectivity index (χ0) is 23.4. The lowest BCUT2D eigenvalue weighted by atomic mass is 9.82. The quantitative estimate of drug-likeness (QED) is 0.297. The Kier molecular flexibility index (Phi) is 4.21. The van der Waals surface area contributed by atoms with Crippen LogP contribution in [0.2, 0.25) is 0 Å².